The number of carbonyl (C=O) groups is 1. The molecule has 9 heteroatoms. The number of fused-ring (bicyclic) bond motifs is 4. The predicted molar refractivity (Wildman–Crippen MR) is 116 cm³/mol. The molecular formula is C20H20N4O3S2. The van der Waals surface area contributed by atoms with Crippen LogP contribution in [0.5, 0.6) is 5.75 Å². The van der Waals surface area contributed by atoms with Gasteiger partial charge in [-0.3, -0.25) is 4.79 Å². The quantitative estimate of drug-likeness (QED) is 0.450. The van der Waals surface area contributed by atoms with E-state index in [4.69, 9.17) is 9.47 Å². The Hall–Kier alpha value is -2.65. The van der Waals surface area contributed by atoms with Crippen molar-refractivity contribution >= 4 is 60.8 Å². The van der Waals surface area contributed by atoms with Crippen LogP contribution in [-0.4, -0.2) is 34.0 Å². The molecule has 0 spiro atoms. The number of esters is 1. The minimum absolute atomic E-state index is 0.0718. The van der Waals surface area contributed by atoms with Gasteiger partial charge in [0.1, 0.15) is 22.7 Å². The maximum atomic E-state index is 12.2. The van der Waals surface area contributed by atoms with Crippen LogP contribution in [0.15, 0.2) is 18.5 Å². The summed E-state index contributed by atoms with van der Waals surface area (Å²) in [7, 11) is 1.66. The van der Waals surface area contributed by atoms with Crippen LogP contribution in [0.25, 0.3) is 20.4 Å². The molecule has 1 aliphatic rings. The maximum Gasteiger partial charge on any atom is 0.309 e. The normalized spacial score (nSPS) is 16.1. The van der Waals surface area contributed by atoms with Crippen LogP contribution in [0.4, 0.5) is 11.5 Å². The number of aromatic amines is 1. The van der Waals surface area contributed by atoms with Gasteiger partial charge in [0, 0.05) is 10.9 Å². The smallest absolute Gasteiger partial charge is 0.309 e. The number of carbonyl (C=O) groups excluding carboxylic acids is 1. The van der Waals surface area contributed by atoms with Gasteiger partial charge in [0.05, 0.1) is 40.9 Å². The van der Waals surface area contributed by atoms with Crippen molar-refractivity contribution in [1.82, 2.24) is 14.3 Å². The van der Waals surface area contributed by atoms with Gasteiger partial charge in [0.25, 0.3) is 0 Å². The predicted octanol–water partition coefficient (Wildman–Crippen LogP) is 4.65. The molecule has 0 saturated heterocycles. The molecule has 7 nitrogen and oxygen atoms in total. The molecule has 0 saturated carbocycles. The highest BCUT2D eigenvalue weighted by molar-refractivity contribution is 7.19. The molecule has 3 aromatic heterocycles. The van der Waals surface area contributed by atoms with Crippen molar-refractivity contribution in [3.8, 4) is 5.75 Å². The third-order valence-corrected chi connectivity index (χ3v) is 7.33. The van der Waals surface area contributed by atoms with Crippen LogP contribution < -0.4 is 10.1 Å². The number of aromatic nitrogens is 3. The van der Waals surface area contributed by atoms with Crippen molar-refractivity contribution in [2.75, 3.05) is 19.0 Å². The molecule has 0 bridgehead atoms. The molecule has 29 heavy (non-hydrogen) atoms. The van der Waals surface area contributed by atoms with E-state index in [9.17, 15) is 4.79 Å². The minimum Gasteiger partial charge on any atom is -0.494 e. The minimum atomic E-state index is -0.0991. The summed E-state index contributed by atoms with van der Waals surface area (Å²) in [6.45, 7) is 2.27. The zero-order valence-corrected chi connectivity index (χ0v) is 17.7. The van der Waals surface area contributed by atoms with Crippen molar-refractivity contribution < 1.29 is 14.3 Å². The lowest BCUT2D eigenvalue weighted by molar-refractivity contribution is -0.148. The molecule has 0 aliphatic heterocycles. The Bertz CT molecular complexity index is 1210. The molecule has 4 aromatic rings. The largest absolute Gasteiger partial charge is 0.494 e. The fourth-order valence-corrected chi connectivity index (χ4v) is 5.75. The van der Waals surface area contributed by atoms with Gasteiger partial charge in [-0.05, 0) is 37.8 Å². The van der Waals surface area contributed by atoms with E-state index >= 15 is 0 Å². The summed E-state index contributed by atoms with van der Waals surface area (Å²) < 4.78 is 15.1. The van der Waals surface area contributed by atoms with Gasteiger partial charge in [-0.15, -0.1) is 11.3 Å². The number of aryl methyl sites for hydroxylation is 1. The molecule has 0 unspecified atom stereocenters. The number of H-pyrrole nitrogens is 1. The highest BCUT2D eigenvalue weighted by atomic mass is 32.1. The molecule has 0 amide bonds. The van der Waals surface area contributed by atoms with Crippen LogP contribution in [-0.2, 0) is 22.4 Å². The number of ether oxygens (including phenoxy) is 2. The fourth-order valence-electron chi connectivity index (χ4n) is 3.85. The summed E-state index contributed by atoms with van der Waals surface area (Å²) in [4.78, 5) is 23.3. The summed E-state index contributed by atoms with van der Waals surface area (Å²) in [5.41, 5.74) is 3.19. The number of thiophene rings is 1. The Morgan fingerprint density at radius 3 is 3.03 bits per heavy atom. The number of methoxy groups -OCH3 is 1. The first-order valence-corrected chi connectivity index (χ1v) is 11.1. The standard InChI is InChI=1S/C20H20N4O3S2/c1-3-27-20(25)10-4-5-11-15(6-10)28-19-17(11)18(21-9-22-19)23-12-8-16-13(24-29-16)7-14(12)26-2/h7-10,24H,3-6H2,1-2H3,(H,21,22,23)/t10-/m0/s1. The zero-order chi connectivity index (χ0) is 20.0. The van der Waals surface area contributed by atoms with Crippen molar-refractivity contribution in [3.63, 3.8) is 0 Å². The Balaban J connectivity index is 1.52. The summed E-state index contributed by atoms with van der Waals surface area (Å²) in [6.07, 6.45) is 3.90. The monoisotopic (exact) mass is 428 g/mol. The molecule has 3 heterocycles. The molecular weight excluding hydrogens is 408 g/mol. The molecule has 0 fully saturated rings. The number of anilines is 2. The first kappa shape index (κ1) is 18.4. The van der Waals surface area contributed by atoms with Gasteiger partial charge < -0.3 is 19.2 Å². The topological polar surface area (TPSA) is 89.1 Å². The van der Waals surface area contributed by atoms with Crippen LogP contribution in [0.3, 0.4) is 0 Å². The summed E-state index contributed by atoms with van der Waals surface area (Å²) >= 11 is 3.24. The van der Waals surface area contributed by atoms with Crippen molar-refractivity contribution in [2.24, 2.45) is 5.92 Å². The van der Waals surface area contributed by atoms with E-state index in [1.807, 2.05) is 13.0 Å². The zero-order valence-electron chi connectivity index (χ0n) is 16.1. The SMILES string of the molecule is CCOC(=O)[C@H]1CCc2c(sc3ncnc(Nc4cc5s[nH]c5cc4OC)c23)C1. The lowest BCUT2D eigenvalue weighted by atomic mass is 9.88. The van der Waals surface area contributed by atoms with E-state index in [0.717, 1.165) is 45.8 Å². The highest BCUT2D eigenvalue weighted by Crippen LogP contribution is 2.42. The maximum absolute atomic E-state index is 12.2. The van der Waals surface area contributed by atoms with Crippen molar-refractivity contribution in [1.29, 1.82) is 0 Å². The van der Waals surface area contributed by atoms with Gasteiger partial charge in [0.2, 0.25) is 0 Å². The van der Waals surface area contributed by atoms with Crippen molar-refractivity contribution in [3.05, 3.63) is 28.9 Å². The first-order valence-electron chi connectivity index (χ1n) is 9.51. The van der Waals surface area contributed by atoms with Crippen LogP contribution in [0.2, 0.25) is 0 Å². The van der Waals surface area contributed by atoms with Gasteiger partial charge in [-0.2, -0.15) is 0 Å². The number of nitrogens with one attached hydrogen (secondary N) is 2. The van der Waals surface area contributed by atoms with Crippen LogP contribution >= 0.6 is 22.9 Å². The second-order valence-corrected chi connectivity index (χ2v) is 8.91. The molecule has 0 radical (unpaired) electrons. The first-order chi connectivity index (χ1) is 14.2. The second-order valence-electron chi connectivity index (χ2n) is 6.98. The third-order valence-electron chi connectivity index (χ3n) is 5.29. The van der Waals surface area contributed by atoms with E-state index in [2.05, 4.69) is 25.7 Å². The molecule has 1 atom stereocenters. The molecule has 2 N–H and O–H groups in total. The molecule has 150 valence electrons. The molecule has 1 aromatic carbocycles. The number of benzene rings is 1. The van der Waals surface area contributed by atoms with E-state index in [1.54, 1.807) is 36.3 Å². The van der Waals surface area contributed by atoms with E-state index < -0.39 is 0 Å². The Labute approximate surface area is 175 Å². The lowest BCUT2D eigenvalue weighted by Crippen LogP contribution is -2.23. The van der Waals surface area contributed by atoms with Gasteiger partial charge in [-0.25, -0.2) is 9.97 Å². The highest BCUT2D eigenvalue weighted by Gasteiger charge is 2.30. The molecule has 1 aliphatic carbocycles. The Kier molecular flexibility index (Phi) is 4.63. The number of hydrogen-bond donors (Lipinski definition) is 2. The fraction of sp³-hybridized carbons (Fsp3) is 0.350. The van der Waals surface area contributed by atoms with Gasteiger partial charge in [-0.1, -0.05) is 11.5 Å². The Morgan fingerprint density at radius 2 is 2.28 bits per heavy atom. The third kappa shape index (κ3) is 3.14. The van der Waals surface area contributed by atoms with Crippen LogP contribution in [0, 0.1) is 5.92 Å². The summed E-state index contributed by atoms with van der Waals surface area (Å²) in [5, 5.41) is 4.50. The number of rotatable bonds is 5. The summed E-state index contributed by atoms with van der Waals surface area (Å²) in [6, 6.07) is 4.05. The van der Waals surface area contributed by atoms with E-state index in [0.29, 0.717) is 13.0 Å². The Morgan fingerprint density at radius 1 is 1.38 bits per heavy atom. The second kappa shape index (κ2) is 7.31. The van der Waals surface area contributed by atoms with Crippen LogP contribution in [0.1, 0.15) is 23.8 Å². The summed E-state index contributed by atoms with van der Waals surface area (Å²) in [5.74, 6) is 1.36. The number of nitrogens with zero attached hydrogens (tertiary/aromatic N) is 2. The van der Waals surface area contributed by atoms with Gasteiger partial charge >= 0.3 is 5.97 Å². The van der Waals surface area contributed by atoms with Gasteiger partial charge in [0.15, 0.2) is 0 Å². The van der Waals surface area contributed by atoms with E-state index in [1.165, 1.54) is 15.1 Å². The average molecular weight is 429 g/mol. The van der Waals surface area contributed by atoms with E-state index in [-0.39, 0.29) is 11.9 Å². The molecule has 5 rings (SSSR count). The average Bonchev–Trinajstić information content (AvgIpc) is 3.09. The van der Waals surface area contributed by atoms with Crippen molar-refractivity contribution in [2.45, 2.75) is 26.2 Å². The number of hydrogen-bond acceptors (Lipinski definition) is 8. The lowest BCUT2D eigenvalue weighted by Gasteiger charge is -2.21.